The Labute approximate surface area is 858 Å². The molecule has 6 heterocycles. The van der Waals surface area contributed by atoms with E-state index in [0.29, 0.717) is 40.7 Å². The number of hydrogen-bond acceptors (Lipinski definition) is 38. The highest BCUT2D eigenvalue weighted by molar-refractivity contribution is 6.08. The summed E-state index contributed by atoms with van der Waals surface area (Å²) in [5, 5.41) is 25.2. The van der Waals surface area contributed by atoms with Gasteiger partial charge in [-0.3, -0.25) is 43.2 Å². The predicted octanol–water partition coefficient (Wildman–Crippen LogP) is 11.6. The molecule has 0 bridgehead atoms. The van der Waals surface area contributed by atoms with E-state index in [4.69, 9.17) is 109 Å². The van der Waals surface area contributed by atoms with E-state index in [1.54, 1.807) is 87.4 Å². The van der Waals surface area contributed by atoms with Crippen LogP contribution in [0.1, 0.15) is 211 Å². The summed E-state index contributed by atoms with van der Waals surface area (Å²) < 4.78 is 135. The van der Waals surface area contributed by atoms with Crippen LogP contribution in [0.25, 0.3) is 0 Å². The Morgan fingerprint density at radius 1 is 0.446 bits per heavy atom. The smallest absolute Gasteiger partial charge is 0.416 e. The Morgan fingerprint density at radius 3 is 1.39 bits per heavy atom. The van der Waals surface area contributed by atoms with Crippen molar-refractivity contribution in [3.63, 3.8) is 0 Å². The Hall–Kier alpha value is -12.9. The van der Waals surface area contributed by atoms with Gasteiger partial charge in [-0.15, -0.1) is 0 Å². The number of ketones is 2. The molecule has 42 nitrogen and oxygen atoms in total. The number of aliphatic hydroxyl groups excluding tert-OH is 2. The van der Waals surface area contributed by atoms with Crippen LogP contribution < -0.4 is 38.2 Å². The van der Waals surface area contributed by atoms with Crippen molar-refractivity contribution < 1.29 is 181 Å². The zero-order valence-electron chi connectivity index (χ0n) is 86.8. The lowest BCUT2D eigenvalue weighted by Gasteiger charge is -2.43. The number of ether oxygens (including phenoxy) is 23. The number of benzene rings is 5. The number of carbonyl (C=O) groups is 13. The van der Waals surface area contributed by atoms with Crippen LogP contribution in [0.3, 0.4) is 0 Å². The average Bonchev–Trinajstić information content (AvgIpc) is 1.58. The first-order valence-electron chi connectivity index (χ1n) is 49.0. The van der Waals surface area contributed by atoms with Crippen molar-refractivity contribution in [2.45, 2.75) is 260 Å². The molecule has 5 unspecified atom stereocenters. The number of hydrogen-bond donors (Lipinski definition) is 2. The minimum absolute atomic E-state index is 0.000970. The summed E-state index contributed by atoms with van der Waals surface area (Å²) in [7, 11) is 3.90. The molecule has 2 N–H and O–H groups in total. The van der Waals surface area contributed by atoms with Crippen molar-refractivity contribution in [2.24, 2.45) is 11.8 Å². The number of nitrogens with zero attached hydrogens (tertiary/aromatic N) is 4. The van der Waals surface area contributed by atoms with Crippen LogP contribution in [-0.2, 0) is 141 Å². The van der Waals surface area contributed by atoms with Gasteiger partial charge in [0.25, 0.3) is 11.8 Å². The lowest BCUT2D eigenvalue weighted by atomic mass is 9.91. The quantitative estimate of drug-likeness (QED) is 0.0120. The highest BCUT2D eigenvalue weighted by Gasteiger charge is 2.55. The van der Waals surface area contributed by atoms with Gasteiger partial charge >= 0.3 is 54.0 Å². The van der Waals surface area contributed by atoms with Crippen molar-refractivity contribution in [2.75, 3.05) is 124 Å². The highest BCUT2D eigenvalue weighted by Crippen LogP contribution is 2.46. The number of rotatable bonds is 49. The molecule has 148 heavy (non-hydrogen) atoms. The SMILES string of the molecule is C=C1CC2C(O)N(C(=O)OCc3ccc(O[C@@H]4O[C@H](C)[C@@H](C)[C@H](OC(C)=O)[C@H]4OC(C)=O)c(C(=O)CCCOC)c3)c3cc(OCc4cc(COc5cc6c(cc5C)C(=O)N5CC(=C)C[C@H]5C(O)N6C(=O)OCc5ccc(OC6OC(C(=O)OC)[C@@H](OC(C)=O)[C@H](OC(C)=O)[C@H]6C)c(C(=O)CCCOCCOCCOCC(=O)OC(C)(C)C)c5)cc(OCCOCCOCCCC(=O)OC(C)(C)C)c4)c(OC)cc3C(=O)N2C1. The molecule has 11 rings (SSSR count). The van der Waals surface area contributed by atoms with Crippen LogP contribution in [-0.4, -0.2) is 296 Å². The van der Waals surface area contributed by atoms with Crippen molar-refractivity contribution >= 4 is 88.7 Å². The van der Waals surface area contributed by atoms with Crippen molar-refractivity contribution in [1.29, 1.82) is 0 Å². The van der Waals surface area contributed by atoms with Gasteiger partial charge in [-0.05, 0) is 170 Å². The van der Waals surface area contributed by atoms with Crippen molar-refractivity contribution in [1.82, 2.24) is 9.80 Å². The van der Waals surface area contributed by atoms with E-state index in [1.165, 1.54) is 98.5 Å². The topological polar surface area (TPSA) is 488 Å². The first-order chi connectivity index (χ1) is 70.3. The summed E-state index contributed by atoms with van der Waals surface area (Å²) >= 11 is 0. The second-order valence-corrected chi connectivity index (χ2v) is 38.5. The fourth-order valence-electron chi connectivity index (χ4n) is 17.5. The van der Waals surface area contributed by atoms with E-state index in [1.807, 2.05) is 0 Å². The molecule has 4 saturated heterocycles. The summed E-state index contributed by atoms with van der Waals surface area (Å²) in [6.07, 6.45) is -15.1. The molecular formula is C106H136N4O38. The number of aryl methyl sites for hydroxylation is 1. The zero-order valence-corrected chi connectivity index (χ0v) is 86.8. The van der Waals surface area contributed by atoms with E-state index < -0.39 is 181 Å². The molecule has 6 aliphatic heterocycles. The molecule has 0 saturated carbocycles. The molecular weight excluding hydrogens is 1940 g/mol. The third-order valence-corrected chi connectivity index (χ3v) is 24.5. The molecule has 5 aromatic carbocycles. The summed E-state index contributed by atoms with van der Waals surface area (Å²) in [6.45, 7) is 29.9. The van der Waals surface area contributed by atoms with E-state index >= 15 is 9.59 Å². The molecule has 0 spiro atoms. The molecule has 4 amide bonds. The van der Waals surface area contributed by atoms with Gasteiger partial charge in [-0.2, -0.15) is 0 Å². The lowest BCUT2D eigenvalue weighted by molar-refractivity contribution is -0.263. The fraction of sp³-hybridized carbons (Fsp3) is 0.557. The number of anilines is 2. The number of aliphatic hydroxyl groups is 2. The maximum absolute atomic E-state index is 15.3. The van der Waals surface area contributed by atoms with Gasteiger partial charge in [0.1, 0.15) is 79.9 Å². The maximum atomic E-state index is 15.3. The largest absolute Gasteiger partial charge is 0.493 e. The Balaban J connectivity index is 0.861. The second-order valence-electron chi connectivity index (χ2n) is 38.5. The monoisotopic (exact) mass is 2070 g/mol. The van der Waals surface area contributed by atoms with Crippen molar-refractivity contribution in [3.05, 3.63) is 153 Å². The van der Waals surface area contributed by atoms with Crippen LogP contribution in [0.5, 0.6) is 34.5 Å². The van der Waals surface area contributed by atoms with Gasteiger partial charge in [-0.1, -0.05) is 50.3 Å². The summed E-state index contributed by atoms with van der Waals surface area (Å²) in [4.78, 5) is 182. The number of carbonyl (C=O) groups excluding carboxylic acids is 13. The molecule has 42 heteroatoms. The number of amides is 4. The van der Waals surface area contributed by atoms with Gasteiger partial charge in [0.05, 0.1) is 118 Å². The van der Waals surface area contributed by atoms with Crippen LogP contribution >= 0.6 is 0 Å². The van der Waals surface area contributed by atoms with E-state index in [0.717, 1.165) is 30.8 Å². The Bertz CT molecular complexity index is 5590. The average molecular weight is 2070 g/mol. The predicted molar refractivity (Wildman–Crippen MR) is 523 cm³/mol. The number of methoxy groups -OCH3 is 3. The third-order valence-electron chi connectivity index (χ3n) is 24.5. The Morgan fingerprint density at radius 2 is 0.892 bits per heavy atom. The van der Waals surface area contributed by atoms with Crippen LogP contribution in [0.4, 0.5) is 21.0 Å². The van der Waals surface area contributed by atoms with Gasteiger partial charge in [0.2, 0.25) is 18.7 Å². The molecule has 14 atom stereocenters. The second kappa shape index (κ2) is 53.3. The molecule has 4 fully saturated rings. The van der Waals surface area contributed by atoms with Gasteiger partial charge < -0.3 is 129 Å². The summed E-state index contributed by atoms with van der Waals surface area (Å²) in [6, 6.07) is 17.4. The maximum Gasteiger partial charge on any atom is 0.416 e. The first-order valence-corrected chi connectivity index (χ1v) is 49.0. The van der Waals surface area contributed by atoms with Crippen LogP contribution in [0, 0.1) is 18.8 Å². The number of fused-ring (bicyclic) bond motifs is 4. The molecule has 5 aromatic rings. The molecule has 0 radical (unpaired) electrons. The Kier molecular flexibility index (Phi) is 41.6. The number of esters is 7. The zero-order chi connectivity index (χ0) is 108. The molecule has 0 aromatic heterocycles. The summed E-state index contributed by atoms with van der Waals surface area (Å²) in [5.74, 6) is -8.14. The molecule has 6 aliphatic rings. The van der Waals surface area contributed by atoms with E-state index in [-0.39, 0.29) is 229 Å². The molecule has 808 valence electrons. The lowest BCUT2D eigenvalue weighted by Crippen LogP contribution is -2.60. The third kappa shape index (κ3) is 31.6. The fourth-order valence-corrected chi connectivity index (χ4v) is 17.5. The van der Waals surface area contributed by atoms with Crippen LogP contribution in [0.15, 0.2) is 103 Å². The van der Waals surface area contributed by atoms with E-state index in [2.05, 4.69) is 13.2 Å². The standard InChI is InChI=1S/C106H136N4O38/c1-59-41-80-98(121)109(103(124)137-54-69-26-28-84(144-101-63(5)92(141-66(8)112)93(142-67(9)113)94(146-101)100(123)128-19)76(47-69)83(116)24-21-31-129-33-35-131-37-38-133-58-90(118)148-106(14,15)16)78-50-86(61(3)43-74(78)96(119)107(80)52-59)135-56-71-44-72(46-73(45-71)134-40-39-132-36-34-130-32-22-25-89(117)147-105(11,12)13)57-136-88-51-79-75(49-87(88)127-18)97(120)108-53-60(2)42-81(108)99(122)110(79)104(125)138-55-70-27-29-85(77(48-70)82(115)23-20-30-126-17)145-102-95(143-68(10)114)91(140-65(7)111)62(4)64(6)139-102/h26-29,43-51,62-64,80-81,91-95,98-99,101-102,121-122H,1-2,20-25,30-42,52-58H2,3-19H3/t62-,63-,64-,80+,81?,91+,92-,93+,94?,95-,98?,99?,101?,102+/m1/s1. The van der Waals surface area contributed by atoms with Gasteiger partial charge in [0.15, 0.2) is 53.8 Å². The minimum atomic E-state index is -1.78. The van der Waals surface area contributed by atoms with Gasteiger partial charge in [-0.25, -0.2) is 29.0 Å². The van der Waals surface area contributed by atoms with Crippen LogP contribution in [0.2, 0.25) is 0 Å². The normalized spacial score (nSPS) is 21.6. The van der Waals surface area contributed by atoms with Gasteiger partial charge in [0, 0.05) is 105 Å². The van der Waals surface area contributed by atoms with E-state index in [9.17, 15) is 63.0 Å². The molecule has 0 aliphatic carbocycles. The van der Waals surface area contributed by atoms with Crippen molar-refractivity contribution in [3.8, 4) is 34.5 Å². The minimum Gasteiger partial charge on any atom is -0.493 e. The highest BCUT2D eigenvalue weighted by atomic mass is 16.7. The number of Topliss-reactive ketones (excluding diaryl/α,β-unsaturated/α-hetero) is 2. The summed E-state index contributed by atoms with van der Waals surface area (Å²) in [5.41, 5.74) is 1.22. The first kappa shape index (κ1) is 115.